The Morgan fingerprint density at radius 1 is 1.24 bits per heavy atom. The molecule has 0 bridgehead atoms. The minimum Gasteiger partial charge on any atom is -0.399 e. The molecule has 2 rings (SSSR count). The largest absolute Gasteiger partial charge is 0.399 e. The normalized spacial score (nSPS) is 21.9. The second-order valence-electron chi connectivity index (χ2n) is 6.04. The molecule has 1 saturated heterocycles. The maximum atomic E-state index is 5.70. The Labute approximate surface area is 104 Å². The van der Waals surface area contributed by atoms with Crippen molar-refractivity contribution in [3.63, 3.8) is 0 Å². The summed E-state index contributed by atoms with van der Waals surface area (Å²) in [5.41, 5.74) is 7.91. The fourth-order valence-corrected chi connectivity index (χ4v) is 2.47. The van der Waals surface area contributed by atoms with Gasteiger partial charge in [0.05, 0.1) is 27.7 Å². The van der Waals surface area contributed by atoms with Gasteiger partial charge in [0.1, 0.15) is 6.04 Å². The molecule has 0 radical (unpaired) electrons. The molecule has 0 amide bonds. The first-order valence-electron chi connectivity index (χ1n) is 6.33. The molecule has 17 heavy (non-hydrogen) atoms. The van der Waals surface area contributed by atoms with Gasteiger partial charge in [-0.1, -0.05) is 12.1 Å². The average molecular weight is 234 g/mol. The van der Waals surface area contributed by atoms with Crippen molar-refractivity contribution in [2.24, 2.45) is 0 Å². The molecule has 1 fully saturated rings. The highest BCUT2D eigenvalue weighted by Gasteiger charge is 2.31. The third kappa shape index (κ3) is 3.20. The van der Waals surface area contributed by atoms with Crippen LogP contribution in [0.3, 0.4) is 0 Å². The minimum absolute atomic E-state index is 0.767. The lowest BCUT2D eigenvalue weighted by Gasteiger charge is -2.31. The lowest BCUT2D eigenvalue weighted by molar-refractivity contribution is -0.893. The molecular formula is C14H24N3+. The molecule has 1 aromatic rings. The van der Waals surface area contributed by atoms with Crippen LogP contribution < -0.4 is 5.73 Å². The van der Waals surface area contributed by atoms with Crippen LogP contribution in [0.25, 0.3) is 0 Å². The zero-order chi connectivity index (χ0) is 12.5. The van der Waals surface area contributed by atoms with E-state index in [0.717, 1.165) is 22.8 Å². The van der Waals surface area contributed by atoms with Crippen LogP contribution in [0.5, 0.6) is 0 Å². The summed E-state index contributed by atoms with van der Waals surface area (Å²) in [7, 11) is 6.87. The third-order valence-electron chi connectivity index (χ3n) is 3.73. The maximum absolute atomic E-state index is 5.70. The van der Waals surface area contributed by atoms with E-state index in [-0.39, 0.29) is 0 Å². The van der Waals surface area contributed by atoms with E-state index in [9.17, 15) is 0 Å². The first kappa shape index (κ1) is 12.4. The van der Waals surface area contributed by atoms with Crippen molar-refractivity contribution in [1.29, 1.82) is 0 Å². The molecule has 1 heterocycles. The Bertz CT molecular complexity index is 364. The third-order valence-corrected chi connectivity index (χ3v) is 3.73. The van der Waals surface area contributed by atoms with Crippen molar-refractivity contribution >= 4 is 5.69 Å². The fraction of sp³-hybridized carbons (Fsp3) is 0.571. The van der Waals surface area contributed by atoms with Crippen molar-refractivity contribution in [3.8, 4) is 0 Å². The molecule has 0 spiro atoms. The van der Waals surface area contributed by atoms with E-state index >= 15 is 0 Å². The van der Waals surface area contributed by atoms with Gasteiger partial charge >= 0.3 is 0 Å². The minimum atomic E-state index is 0.767. The molecule has 0 aromatic heterocycles. The molecule has 3 nitrogen and oxygen atoms in total. The van der Waals surface area contributed by atoms with Gasteiger partial charge in [-0.25, -0.2) is 0 Å². The maximum Gasteiger partial charge on any atom is 0.102 e. The van der Waals surface area contributed by atoms with Crippen molar-refractivity contribution in [3.05, 3.63) is 29.8 Å². The monoisotopic (exact) mass is 234 g/mol. The summed E-state index contributed by atoms with van der Waals surface area (Å²) in [6, 6.07) is 9.01. The molecular weight excluding hydrogens is 210 g/mol. The van der Waals surface area contributed by atoms with Gasteiger partial charge in [-0.3, -0.25) is 4.90 Å². The van der Waals surface area contributed by atoms with Gasteiger partial charge in [0.15, 0.2) is 0 Å². The Morgan fingerprint density at radius 3 is 2.41 bits per heavy atom. The number of hydrogen-bond donors (Lipinski definition) is 1. The highest BCUT2D eigenvalue weighted by molar-refractivity contribution is 5.39. The number of anilines is 1. The van der Waals surface area contributed by atoms with Gasteiger partial charge in [-0.2, -0.15) is 0 Å². The van der Waals surface area contributed by atoms with E-state index in [1.807, 2.05) is 12.1 Å². The van der Waals surface area contributed by atoms with Crippen LogP contribution >= 0.6 is 0 Å². The Kier molecular flexibility index (Phi) is 3.40. The van der Waals surface area contributed by atoms with Gasteiger partial charge in [-0.05, 0) is 17.7 Å². The van der Waals surface area contributed by atoms with Crippen LogP contribution in [0.2, 0.25) is 0 Å². The van der Waals surface area contributed by atoms with Gasteiger partial charge < -0.3 is 10.2 Å². The standard InChI is InChI=1S/C14H24N3/c1-17(2,3)14-8-9-16(11-14)10-12-4-6-13(15)7-5-12/h4-7,14H,8-11,15H2,1-3H3/q+1. The van der Waals surface area contributed by atoms with Crippen LogP contribution in [0.15, 0.2) is 24.3 Å². The summed E-state index contributed by atoms with van der Waals surface area (Å²) in [5, 5.41) is 0. The number of nitrogens with two attached hydrogens (primary N) is 1. The van der Waals surface area contributed by atoms with E-state index in [0.29, 0.717) is 0 Å². The molecule has 1 unspecified atom stereocenters. The second-order valence-corrected chi connectivity index (χ2v) is 6.04. The predicted molar refractivity (Wildman–Crippen MR) is 72.6 cm³/mol. The van der Waals surface area contributed by atoms with Gasteiger partial charge in [-0.15, -0.1) is 0 Å². The van der Waals surface area contributed by atoms with Crippen molar-refractivity contribution in [2.45, 2.75) is 19.0 Å². The molecule has 94 valence electrons. The lowest BCUT2D eigenvalue weighted by Crippen LogP contribution is -2.46. The molecule has 2 N–H and O–H groups in total. The van der Waals surface area contributed by atoms with Gasteiger partial charge in [0, 0.05) is 25.2 Å². The predicted octanol–water partition coefficient (Wildman–Crippen LogP) is 1.55. The van der Waals surface area contributed by atoms with E-state index in [4.69, 9.17) is 5.73 Å². The molecule has 0 aliphatic carbocycles. The van der Waals surface area contributed by atoms with E-state index in [1.54, 1.807) is 0 Å². The highest BCUT2D eigenvalue weighted by atomic mass is 15.3. The number of likely N-dealkylation sites (N-methyl/N-ethyl adjacent to an activating group) is 1. The first-order chi connectivity index (χ1) is 7.95. The zero-order valence-electron chi connectivity index (χ0n) is 11.2. The van der Waals surface area contributed by atoms with E-state index in [2.05, 4.69) is 38.2 Å². The summed E-state index contributed by atoms with van der Waals surface area (Å²) in [6.45, 7) is 3.47. The Hall–Kier alpha value is -1.06. The smallest absolute Gasteiger partial charge is 0.102 e. The Morgan fingerprint density at radius 2 is 1.88 bits per heavy atom. The van der Waals surface area contributed by atoms with Crippen LogP contribution in [-0.2, 0) is 6.54 Å². The number of likely N-dealkylation sites (tertiary alicyclic amines) is 1. The summed E-state index contributed by atoms with van der Waals surface area (Å²) in [6.07, 6.45) is 1.30. The number of quaternary nitrogens is 1. The SMILES string of the molecule is C[N+](C)(C)C1CCN(Cc2ccc(N)cc2)C1. The molecule has 3 heteroatoms. The fourth-order valence-electron chi connectivity index (χ4n) is 2.47. The highest BCUT2D eigenvalue weighted by Crippen LogP contribution is 2.20. The second kappa shape index (κ2) is 4.67. The van der Waals surface area contributed by atoms with Crippen LogP contribution in [0.4, 0.5) is 5.69 Å². The molecule has 1 aromatic carbocycles. The lowest BCUT2D eigenvalue weighted by atomic mass is 10.2. The number of hydrogen-bond acceptors (Lipinski definition) is 2. The van der Waals surface area contributed by atoms with Crippen LogP contribution in [-0.4, -0.2) is 49.7 Å². The topological polar surface area (TPSA) is 29.3 Å². The number of rotatable bonds is 3. The molecule has 1 aliphatic heterocycles. The zero-order valence-corrected chi connectivity index (χ0v) is 11.2. The van der Waals surface area contributed by atoms with Crippen molar-refractivity contribution in [2.75, 3.05) is 40.0 Å². The molecule has 1 atom stereocenters. The van der Waals surface area contributed by atoms with Crippen LogP contribution in [0.1, 0.15) is 12.0 Å². The van der Waals surface area contributed by atoms with Crippen LogP contribution in [0, 0.1) is 0 Å². The number of benzene rings is 1. The quantitative estimate of drug-likeness (QED) is 0.635. The Balaban J connectivity index is 1.92. The summed E-state index contributed by atoms with van der Waals surface area (Å²) in [5.74, 6) is 0. The molecule has 0 saturated carbocycles. The summed E-state index contributed by atoms with van der Waals surface area (Å²) in [4.78, 5) is 2.54. The van der Waals surface area contributed by atoms with Gasteiger partial charge in [0.25, 0.3) is 0 Å². The van der Waals surface area contributed by atoms with E-state index in [1.165, 1.54) is 25.1 Å². The van der Waals surface area contributed by atoms with Crippen molar-refractivity contribution in [1.82, 2.24) is 4.90 Å². The average Bonchev–Trinajstić information content (AvgIpc) is 2.69. The van der Waals surface area contributed by atoms with Crippen molar-refractivity contribution < 1.29 is 4.48 Å². The van der Waals surface area contributed by atoms with Gasteiger partial charge in [0.2, 0.25) is 0 Å². The van der Waals surface area contributed by atoms with E-state index < -0.39 is 0 Å². The summed E-state index contributed by atoms with van der Waals surface area (Å²) >= 11 is 0. The first-order valence-corrected chi connectivity index (χ1v) is 6.33. The number of nitrogens with zero attached hydrogens (tertiary/aromatic N) is 2. The number of nitrogen functional groups attached to an aromatic ring is 1. The molecule has 1 aliphatic rings. The summed E-state index contributed by atoms with van der Waals surface area (Å²) < 4.78 is 1.07.